The zero-order valence-corrected chi connectivity index (χ0v) is 19.1. The maximum Gasteiger partial charge on any atom is 0.338 e. The summed E-state index contributed by atoms with van der Waals surface area (Å²) < 4.78 is 12.6. The zero-order valence-electron chi connectivity index (χ0n) is 19.1. The maximum absolute atomic E-state index is 13.7. The first-order chi connectivity index (χ1) is 16.4. The van der Waals surface area contributed by atoms with Crippen molar-refractivity contribution >= 4 is 23.1 Å². The van der Waals surface area contributed by atoms with Crippen LogP contribution in [0.4, 0.5) is 0 Å². The number of benzene rings is 2. The number of ether oxygens (including phenoxy) is 2. The lowest BCUT2D eigenvalue weighted by Crippen LogP contribution is -2.40. The molecule has 0 bridgehead atoms. The van der Waals surface area contributed by atoms with E-state index in [1.54, 1.807) is 37.3 Å². The third-order valence-corrected chi connectivity index (χ3v) is 5.49. The summed E-state index contributed by atoms with van der Waals surface area (Å²) in [5.74, 6) is -0.165. The Kier molecular flexibility index (Phi) is 6.14. The average molecular weight is 457 g/mol. The summed E-state index contributed by atoms with van der Waals surface area (Å²) >= 11 is 0. The summed E-state index contributed by atoms with van der Waals surface area (Å²) in [7, 11) is 2.76. The molecule has 0 amide bonds. The lowest BCUT2D eigenvalue weighted by atomic mass is 10.1. The number of hydrogen-bond donors (Lipinski definition) is 0. The monoisotopic (exact) mass is 457 g/mol. The van der Waals surface area contributed by atoms with E-state index in [2.05, 4.69) is 11.6 Å². The average Bonchev–Trinajstić information content (AvgIpc) is 2.86. The van der Waals surface area contributed by atoms with Crippen molar-refractivity contribution in [2.45, 2.75) is 13.5 Å². The van der Waals surface area contributed by atoms with E-state index in [4.69, 9.17) is 9.47 Å². The van der Waals surface area contributed by atoms with Gasteiger partial charge in [0, 0.05) is 11.8 Å². The van der Waals surface area contributed by atoms with Crippen LogP contribution in [0.1, 0.15) is 27.2 Å². The largest absolute Gasteiger partial charge is 0.497 e. The molecule has 2 aromatic carbocycles. The molecule has 172 valence electrons. The molecule has 2 heterocycles. The van der Waals surface area contributed by atoms with Gasteiger partial charge in [-0.2, -0.15) is 0 Å². The molecule has 0 atom stereocenters. The van der Waals surface area contributed by atoms with Crippen LogP contribution in [0.25, 0.3) is 22.8 Å². The number of carbonyl (C=O) groups is 1. The predicted octanol–water partition coefficient (Wildman–Crippen LogP) is 3.34. The first-order valence-corrected chi connectivity index (χ1v) is 10.5. The summed E-state index contributed by atoms with van der Waals surface area (Å²) in [5, 5.41) is 0.00239. The number of carbonyl (C=O) groups excluding carboxylic acids is 1. The summed E-state index contributed by atoms with van der Waals surface area (Å²) in [4.78, 5) is 44.4. The Morgan fingerprint density at radius 2 is 1.82 bits per heavy atom. The number of aromatic nitrogens is 3. The quantitative estimate of drug-likeness (QED) is 0.413. The molecular formula is C26H23N3O5. The Morgan fingerprint density at radius 1 is 1.09 bits per heavy atom. The van der Waals surface area contributed by atoms with Gasteiger partial charge in [-0.15, -0.1) is 0 Å². The normalized spacial score (nSPS) is 10.8. The van der Waals surface area contributed by atoms with E-state index in [0.29, 0.717) is 17.1 Å². The molecule has 0 aliphatic rings. The van der Waals surface area contributed by atoms with Crippen molar-refractivity contribution < 1.29 is 14.3 Å². The van der Waals surface area contributed by atoms with Gasteiger partial charge >= 0.3 is 11.7 Å². The maximum atomic E-state index is 13.7. The van der Waals surface area contributed by atoms with E-state index < -0.39 is 17.2 Å². The molecule has 8 nitrogen and oxygen atoms in total. The van der Waals surface area contributed by atoms with Gasteiger partial charge in [0.2, 0.25) is 0 Å². The van der Waals surface area contributed by atoms with E-state index in [9.17, 15) is 14.4 Å². The number of aryl methyl sites for hydroxylation is 1. The fourth-order valence-electron chi connectivity index (χ4n) is 3.80. The number of esters is 1. The minimum absolute atomic E-state index is 0.00239. The van der Waals surface area contributed by atoms with E-state index in [1.165, 1.54) is 24.9 Å². The topological polar surface area (TPSA) is 92.4 Å². The molecule has 0 unspecified atom stereocenters. The lowest BCUT2D eigenvalue weighted by Gasteiger charge is -2.16. The van der Waals surface area contributed by atoms with Crippen molar-refractivity contribution in [3.63, 3.8) is 0 Å². The predicted molar refractivity (Wildman–Crippen MR) is 130 cm³/mol. The van der Waals surface area contributed by atoms with Crippen molar-refractivity contribution in [2.75, 3.05) is 14.2 Å². The second-order valence-electron chi connectivity index (χ2n) is 7.66. The number of methoxy groups -OCH3 is 2. The van der Waals surface area contributed by atoms with Crippen molar-refractivity contribution in [2.24, 2.45) is 0 Å². The van der Waals surface area contributed by atoms with Crippen LogP contribution >= 0.6 is 0 Å². The van der Waals surface area contributed by atoms with Gasteiger partial charge in [0.25, 0.3) is 5.56 Å². The third-order valence-electron chi connectivity index (χ3n) is 5.49. The first-order valence-electron chi connectivity index (χ1n) is 10.5. The van der Waals surface area contributed by atoms with Crippen LogP contribution in [0, 0.1) is 6.92 Å². The zero-order chi connectivity index (χ0) is 24.4. The van der Waals surface area contributed by atoms with Gasteiger partial charge in [0.1, 0.15) is 5.75 Å². The van der Waals surface area contributed by atoms with Gasteiger partial charge < -0.3 is 9.47 Å². The van der Waals surface area contributed by atoms with Crippen molar-refractivity contribution in [1.29, 1.82) is 0 Å². The molecule has 4 rings (SSSR count). The van der Waals surface area contributed by atoms with E-state index in [0.717, 1.165) is 15.7 Å². The van der Waals surface area contributed by atoms with Crippen molar-refractivity contribution in [3.8, 4) is 11.4 Å². The Bertz CT molecular complexity index is 1530. The molecule has 0 aliphatic heterocycles. The number of fused-ring (bicyclic) bond motifs is 1. The first kappa shape index (κ1) is 22.7. The molecule has 0 N–H and O–H groups in total. The van der Waals surface area contributed by atoms with Crippen LogP contribution in [-0.2, 0) is 11.3 Å². The highest BCUT2D eigenvalue weighted by Crippen LogP contribution is 2.21. The number of nitrogens with zero attached hydrogens (tertiary/aromatic N) is 3. The third kappa shape index (κ3) is 4.01. The highest BCUT2D eigenvalue weighted by molar-refractivity contribution is 6.02. The van der Waals surface area contributed by atoms with Gasteiger partial charge in [-0.25, -0.2) is 19.1 Å². The smallest absolute Gasteiger partial charge is 0.338 e. The number of pyridine rings is 1. The number of hydrogen-bond acceptors (Lipinski definition) is 6. The highest BCUT2D eigenvalue weighted by Gasteiger charge is 2.23. The molecule has 0 fully saturated rings. The van der Waals surface area contributed by atoms with E-state index in [-0.39, 0.29) is 23.1 Å². The van der Waals surface area contributed by atoms with Gasteiger partial charge in [-0.3, -0.25) is 9.36 Å². The van der Waals surface area contributed by atoms with Crippen LogP contribution in [0.3, 0.4) is 0 Å². The Morgan fingerprint density at radius 3 is 2.47 bits per heavy atom. The molecule has 0 saturated carbocycles. The highest BCUT2D eigenvalue weighted by atomic mass is 16.5. The molecule has 0 aliphatic carbocycles. The molecular weight excluding hydrogens is 434 g/mol. The second kappa shape index (κ2) is 9.19. The van der Waals surface area contributed by atoms with Crippen LogP contribution in [0.15, 0.2) is 70.8 Å². The lowest BCUT2D eigenvalue weighted by molar-refractivity contribution is 0.0602. The van der Waals surface area contributed by atoms with Crippen molar-refractivity contribution in [1.82, 2.24) is 14.1 Å². The molecule has 4 aromatic rings. The van der Waals surface area contributed by atoms with Gasteiger partial charge in [0.15, 0.2) is 5.65 Å². The van der Waals surface area contributed by atoms with Gasteiger partial charge in [-0.05, 0) is 36.2 Å². The summed E-state index contributed by atoms with van der Waals surface area (Å²) in [6, 6.07) is 15.7. The minimum atomic E-state index is -0.690. The summed E-state index contributed by atoms with van der Waals surface area (Å²) in [5.41, 5.74) is 1.45. The fraction of sp³-hybridized carbons (Fsp3) is 0.154. The van der Waals surface area contributed by atoms with Crippen LogP contribution in [0.5, 0.6) is 5.75 Å². The molecule has 0 saturated heterocycles. The summed E-state index contributed by atoms with van der Waals surface area (Å²) in [6.45, 7) is 5.42. The standard InChI is InChI=1S/C26H23N3O5/c1-5-17-9-11-18(12-10-17)15-28-24(30)22-21(25(31)34-4)13-16(2)27-23(22)29(26(28)32)19-7-6-8-20(14-19)33-3/h5-14H,1,15H2,2-4H3. The van der Waals surface area contributed by atoms with Gasteiger partial charge in [0.05, 0.1) is 37.4 Å². The Balaban J connectivity index is 2.10. The van der Waals surface area contributed by atoms with Crippen LogP contribution in [-0.4, -0.2) is 34.3 Å². The van der Waals surface area contributed by atoms with Crippen LogP contribution in [0.2, 0.25) is 0 Å². The molecule has 0 spiro atoms. The fourth-order valence-corrected chi connectivity index (χ4v) is 3.80. The SMILES string of the molecule is C=Cc1ccc(Cn2c(=O)c3c(C(=O)OC)cc(C)nc3n(-c3cccc(OC)c3)c2=O)cc1. The summed E-state index contributed by atoms with van der Waals surface area (Å²) in [6.07, 6.45) is 1.71. The van der Waals surface area contributed by atoms with E-state index >= 15 is 0 Å². The second-order valence-corrected chi connectivity index (χ2v) is 7.66. The van der Waals surface area contributed by atoms with Crippen molar-refractivity contribution in [3.05, 3.63) is 104 Å². The van der Waals surface area contributed by atoms with Gasteiger partial charge in [-0.1, -0.05) is 43.0 Å². The van der Waals surface area contributed by atoms with E-state index in [1.807, 2.05) is 24.3 Å². The number of rotatable bonds is 6. The Hall–Kier alpha value is -4.46. The molecule has 0 radical (unpaired) electrons. The Labute approximate surface area is 195 Å². The molecule has 8 heteroatoms. The molecule has 2 aromatic heterocycles. The molecule has 34 heavy (non-hydrogen) atoms. The van der Waals surface area contributed by atoms with Crippen LogP contribution < -0.4 is 16.0 Å². The minimum Gasteiger partial charge on any atom is -0.497 e.